The molecule has 0 aliphatic carbocycles. The van der Waals surface area contributed by atoms with Crippen LogP contribution in [0.3, 0.4) is 0 Å². The molecule has 2 fully saturated rings. The lowest BCUT2D eigenvalue weighted by molar-refractivity contribution is 0.0668. The Morgan fingerprint density at radius 3 is 2.70 bits per heavy atom. The zero-order chi connectivity index (χ0) is 21.2. The van der Waals surface area contributed by atoms with Gasteiger partial charge in [0.2, 0.25) is 10.0 Å². The Balaban J connectivity index is 1.42. The van der Waals surface area contributed by atoms with E-state index in [1.807, 2.05) is 0 Å². The average molecular weight is 429 g/mol. The van der Waals surface area contributed by atoms with Gasteiger partial charge in [-0.3, -0.25) is 15.2 Å². The number of guanidine groups is 1. The highest BCUT2D eigenvalue weighted by Crippen LogP contribution is 2.25. The van der Waals surface area contributed by atoms with Gasteiger partial charge in [0, 0.05) is 44.1 Å². The molecule has 0 radical (unpaired) electrons. The van der Waals surface area contributed by atoms with Gasteiger partial charge in [-0.05, 0) is 42.7 Å². The highest BCUT2D eigenvalue weighted by molar-refractivity contribution is 7.89. The van der Waals surface area contributed by atoms with Crippen LogP contribution in [0.25, 0.3) is 0 Å². The molecule has 10 heteroatoms. The minimum absolute atomic E-state index is 0.0563. The van der Waals surface area contributed by atoms with Crippen LogP contribution in [0.5, 0.6) is 0 Å². The maximum Gasteiger partial charge on any atom is 0.253 e. The first-order valence-corrected chi connectivity index (χ1v) is 11.2. The third-order valence-electron chi connectivity index (χ3n) is 5.58. The Labute approximate surface area is 175 Å². The Kier molecular flexibility index (Phi) is 5.44. The minimum atomic E-state index is -3.76. The number of sulfonamides is 1. The number of likely N-dealkylation sites (tertiary alicyclic amines) is 1. The van der Waals surface area contributed by atoms with Crippen LogP contribution in [0, 0.1) is 5.41 Å². The molecule has 0 atom stereocenters. The van der Waals surface area contributed by atoms with Gasteiger partial charge in [0.1, 0.15) is 0 Å². The molecule has 1 amide bonds. The summed E-state index contributed by atoms with van der Waals surface area (Å²) in [6.45, 7) is 1.91. The number of hydrogen-bond donors (Lipinski definition) is 4. The number of carbonyl (C=O) groups is 1. The second-order valence-electron chi connectivity index (χ2n) is 7.64. The third kappa shape index (κ3) is 4.29. The number of rotatable bonds is 5. The highest BCUT2D eigenvalue weighted by atomic mass is 32.2. The Hall–Kier alpha value is -2.98. The molecular formula is C20H24N6O3S. The van der Waals surface area contributed by atoms with E-state index in [4.69, 9.17) is 5.41 Å². The molecule has 30 heavy (non-hydrogen) atoms. The molecule has 3 heterocycles. The predicted molar refractivity (Wildman–Crippen MR) is 111 cm³/mol. The normalized spacial score (nSPS) is 18.1. The van der Waals surface area contributed by atoms with Crippen LogP contribution < -0.4 is 15.4 Å². The van der Waals surface area contributed by atoms with Crippen molar-refractivity contribution in [2.24, 2.45) is 0 Å². The first-order valence-electron chi connectivity index (χ1n) is 9.75. The molecular weight excluding hydrogens is 404 g/mol. The van der Waals surface area contributed by atoms with Gasteiger partial charge in [-0.25, -0.2) is 13.1 Å². The van der Waals surface area contributed by atoms with Gasteiger partial charge in [0.05, 0.1) is 10.4 Å². The van der Waals surface area contributed by atoms with E-state index in [0.29, 0.717) is 31.2 Å². The summed E-state index contributed by atoms with van der Waals surface area (Å²) in [7, 11) is -3.76. The van der Waals surface area contributed by atoms with E-state index < -0.39 is 10.0 Å². The van der Waals surface area contributed by atoms with Crippen molar-refractivity contribution in [1.29, 1.82) is 5.41 Å². The number of nitrogens with one attached hydrogen (secondary N) is 4. The van der Waals surface area contributed by atoms with Crippen LogP contribution in [0.1, 0.15) is 28.8 Å². The van der Waals surface area contributed by atoms with Crippen molar-refractivity contribution in [3.63, 3.8) is 0 Å². The second kappa shape index (κ2) is 8.04. The molecule has 0 saturated carbocycles. The number of hydrogen-bond acceptors (Lipinski definition) is 5. The standard InChI is InChI=1S/C20H24N6O3S/c21-19-23-14-20(25-19)6-9-26(10-7-20)18(27)16-4-1-5-17(11-16)30(28,29)24-13-15-3-2-8-22-12-15/h1-5,8,11-12,24H,6-7,9-10,13-14H2,(H3,21,23,25). The Bertz CT molecular complexity index is 1050. The Morgan fingerprint density at radius 1 is 1.23 bits per heavy atom. The van der Waals surface area contributed by atoms with Gasteiger partial charge in [-0.2, -0.15) is 0 Å². The van der Waals surface area contributed by atoms with E-state index in [1.54, 1.807) is 41.6 Å². The molecule has 2 saturated heterocycles. The quantitative estimate of drug-likeness (QED) is 0.554. The van der Waals surface area contributed by atoms with Crippen LogP contribution in [0.15, 0.2) is 53.7 Å². The van der Waals surface area contributed by atoms with Crippen LogP contribution in [0.4, 0.5) is 0 Å². The summed E-state index contributed by atoms with van der Waals surface area (Å²) < 4.78 is 27.9. The molecule has 158 valence electrons. The van der Waals surface area contributed by atoms with Gasteiger partial charge >= 0.3 is 0 Å². The maximum atomic E-state index is 13.0. The lowest BCUT2D eigenvalue weighted by atomic mass is 9.88. The number of carbonyl (C=O) groups excluding carboxylic acids is 1. The SMILES string of the molecule is N=C1NCC2(CCN(C(=O)c3cccc(S(=O)(=O)NCc4cccnc4)c3)CC2)N1. The summed E-state index contributed by atoms with van der Waals surface area (Å²) >= 11 is 0. The number of aromatic nitrogens is 1. The first-order chi connectivity index (χ1) is 14.4. The smallest absolute Gasteiger partial charge is 0.253 e. The summed E-state index contributed by atoms with van der Waals surface area (Å²) in [5.41, 5.74) is 0.925. The van der Waals surface area contributed by atoms with E-state index >= 15 is 0 Å². The molecule has 1 spiro atoms. The van der Waals surface area contributed by atoms with E-state index in [0.717, 1.165) is 18.4 Å². The fourth-order valence-electron chi connectivity index (χ4n) is 3.79. The van der Waals surface area contributed by atoms with E-state index in [2.05, 4.69) is 20.3 Å². The molecule has 1 aromatic carbocycles. The van der Waals surface area contributed by atoms with Crippen molar-refractivity contribution in [2.75, 3.05) is 19.6 Å². The number of amides is 1. The highest BCUT2D eigenvalue weighted by Gasteiger charge is 2.40. The largest absolute Gasteiger partial charge is 0.354 e. The first kappa shape index (κ1) is 20.3. The minimum Gasteiger partial charge on any atom is -0.354 e. The third-order valence-corrected chi connectivity index (χ3v) is 6.98. The van der Waals surface area contributed by atoms with Gasteiger partial charge in [0.15, 0.2) is 5.96 Å². The van der Waals surface area contributed by atoms with Crippen LogP contribution in [0.2, 0.25) is 0 Å². The summed E-state index contributed by atoms with van der Waals surface area (Å²) in [5.74, 6) is 0.140. The fourth-order valence-corrected chi connectivity index (χ4v) is 4.86. The lowest BCUT2D eigenvalue weighted by Crippen LogP contribution is -2.53. The average Bonchev–Trinajstić information content (AvgIpc) is 3.13. The molecule has 9 nitrogen and oxygen atoms in total. The van der Waals surface area contributed by atoms with Crippen LogP contribution in [-0.4, -0.2) is 55.3 Å². The van der Waals surface area contributed by atoms with Crippen LogP contribution >= 0.6 is 0 Å². The van der Waals surface area contributed by atoms with Gasteiger partial charge < -0.3 is 15.5 Å². The van der Waals surface area contributed by atoms with Gasteiger partial charge in [-0.1, -0.05) is 12.1 Å². The summed E-state index contributed by atoms with van der Waals surface area (Å²) in [6, 6.07) is 9.65. The van der Waals surface area contributed by atoms with E-state index in [9.17, 15) is 13.2 Å². The summed E-state index contributed by atoms with van der Waals surface area (Å²) in [5, 5.41) is 13.8. The molecule has 1 aromatic heterocycles. The monoisotopic (exact) mass is 428 g/mol. The van der Waals surface area contributed by atoms with Crippen molar-refractivity contribution in [3.8, 4) is 0 Å². The van der Waals surface area contributed by atoms with Crippen LogP contribution in [-0.2, 0) is 16.6 Å². The zero-order valence-corrected chi connectivity index (χ0v) is 17.2. The topological polar surface area (TPSA) is 127 Å². The second-order valence-corrected chi connectivity index (χ2v) is 9.41. The Morgan fingerprint density at radius 2 is 2.03 bits per heavy atom. The van der Waals surface area contributed by atoms with Gasteiger partial charge in [-0.15, -0.1) is 0 Å². The van der Waals surface area contributed by atoms with Crippen molar-refractivity contribution >= 4 is 21.9 Å². The molecule has 2 aliphatic rings. The van der Waals surface area contributed by atoms with E-state index in [1.165, 1.54) is 12.1 Å². The predicted octanol–water partition coefficient (Wildman–Crippen LogP) is 0.662. The molecule has 2 aromatic rings. The van der Waals surface area contributed by atoms with Crippen molar-refractivity contribution in [3.05, 3.63) is 59.9 Å². The van der Waals surface area contributed by atoms with Crippen molar-refractivity contribution in [1.82, 2.24) is 25.2 Å². The molecule has 0 unspecified atom stereocenters. The number of benzene rings is 1. The summed E-state index contributed by atoms with van der Waals surface area (Å²) in [6.07, 6.45) is 4.69. The lowest BCUT2D eigenvalue weighted by Gasteiger charge is -2.38. The van der Waals surface area contributed by atoms with Crippen molar-refractivity contribution < 1.29 is 13.2 Å². The van der Waals surface area contributed by atoms with E-state index in [-0.39, 0.29) is 22.9 Å². The zero-order valence-electron chi connectivity index (χ0n) is 16.4. The molecule has 4 rings (SSSR count). The van der Waals surface area contributed by atoms with Crippen molar-refractivity contribution in [2.45, 2.75) is 29.8 Å². The maximum absolute atomic E-state index is 13.0. The summed E-state index contributed by atoms with van der Waals surface area (Å²) in [4.78, 5) is 18.7. The molecule has 4 N–H and O–H groups in total. The molecule has 2 aliphatic heterocycles. The van der Waals surface area contributed by atoms with Gasteiger partial charge in [0.25, 0.3) is 5.91 Å². The number of nitrogens with zero attached hydrogens (tertiary/aromatic N) is 2. The number of pyridine rings is 1. The fraction of sp³-hybridized carbons (Fsp3) is 0.350. The number of piperidine rings is 1. The molecule has 0 bridgehead atoms.